The van der Waals surface area contributed by atoms with E-state index in [1.54, 1.807) is 12.1 Å². The Hall–Kier alpha value is -2.94. The lowest BCUT2D eigenvalue weighted by Gasteiger charge is -2.14. The van der Waals surface area contributed by atoms with Gasteiger partial charge in [0.1, 0.15) is 12.1 Å². The summed E-state index contributed by atoms with van der Waals surface area (Å²) >= 11 is 0. The predicted octanol–water partition coefficient (Wildman–Crippen LogP) is 3.12. The van der Waals surface area contributed by atoms with Crippen molar-refractivity contribution in [2.45, 2.75) is 25.9 Å². The highest BCUT2D eigenvalue weighted by atomic mass is 16.6. The van der Waals surface area contributed by atoms with Crippen LogP contribution in [0.4, 0.5) is 23.0 Å². The number of hydrogen-bond donors (Lipinski definition) is 2. The summed E-state index contributed by atoms with van der Waals surface area (Å²) in [4.78, 5) is 19.2. The number of nitro groups is 1. The molecule has 1 saturated heterocycles. The monoisotopic (exact) mass is 359 g/mol. The number of rotatable bonds is 8. The molecule has 1 fully saturated rings. The van der Waals surface area contributed by atoms with Crippen LogP contribution in [-0.4, -0.2) is 40.8 Å². The van der Waals surface area contributed by atoms with Crippen molar-refractivity contribution < 1.29 is 14.4 Å². The van der Waals surface area contributed by atoms with Crippen LogP contribution in [0.3, 0.4) is 0 Å². The van der Waals surface area contributed by atoms with E-state index in [0.717, 1.165) is 19.4 Å². The predicted molar refractivity (Wildman–Crippen MR) is 97.0 cm³/mol. The Morgan fingerprint density at radius 2 is 2.15 bits per heavy atom. The highest BCUT2D eigenvalue weighted by Crippen LogP contribution is 2.34. The first-order valence-electron chi connectivity index (χ1n) is 8.52. The Morgan fingerprint density at radius 1 is 1.35 bits per heavy atom. The van der Waals surface area contributed by atoms with E-state index in [1.165, 1.54) is 6.33 Å². The number of hydrogen-bond acceptors (Lipinski definition) is 8. The van der Waals surface area contributed by atoms with Gasteiger partial charge >= 0.3 is 5.69 Å². The Labute approximate surface area is 150 Å². The molecule has 1 aliphatic rings. The third-order valence-electron chi connectivity index (χ3n) is 3.97. The van der Waals surface area contributed by atoms with Gasteiger partial charge in [0.25, 0.3) is 0 Å². The van der Waals surface area contributed by atoms with Crippen molar-refractivity contribution in [3.8, 4) is 5.75 Å². The highest BCUT2D eigenvalue weighted by Gasteiger charge is 2.25. The molecule has 1 atom stereocenters. The third-order valence-corrected chi connectivity index (χ3v) is 3.97. The summed E-state index contributed by atoms with van der Waals surface area (Å²) in [5, 5.41) is 17.6. The molecule has 2 aromatic rings. The molecule has 0 bridgehead atoms. The molecular weight excluding hydrogens is 338 g/mol. The van der Waals surface area contributed by atoms with Crippen molar-refractivity contribution in [1.29, 1.82) is 0 Å². The minimum absolute atomic E-state index is 0.0414. The van der Waals surface area contributed by atoms with Crippen LogP contribution >= 0.6 is 0 Å². The van der Waals surface area contributed by atoms with Crippen LogP contribution in [0.25, 0.3) is 0 Å². The van der Waals surface area contributed by atoms with E-state index in [4.69, 9.17) is 9.47 Å². The topological polar surface area (TPSA) is 111 Å². The van der Waals surface area contributed by atoms with Gasteiger partial charge in [0.05, 0.1) is 23.3 Å². The number of anilines is 3. The second-order valence-corrected chi connectivity index (χ2v) is 5.75. The quantitative estimate of drug-likeness (QED) is 0.546. The van der Waals surface area contributed by atoms with Gasteiger partial charge in [-0.2, -0.15) is 0 Å². The van der Waals surface area contributed by atoms with Crippen molar-refractivity contribution in [3.05, 3.63) is 40.7 Å². The fraction of sp³-hybridized carbons (Fsp3) is 0.412. The van der Waals surface area contributed by atoms with E-state index in [1.807, 2.05) is 19.1 Å². The van der Waals surface area contributed by atoms with E-state index in [-0.39, 0.29) is 23.4 Å². The number of ether oxygens (including phenoxy) is 2. The summed E-state index contributed by atoms with van der Waals surface area (Å²) < 4.78 is 11.1. The van der Waals surface area contributed by atoms with E-state index in [0.29, 0.717) is 24.6 Å². The van der Waals surface area contributed by atoms with Crippen molar-refractivity contribution in [2.24, 2.45) is 0 Å². The number of para-hydroxylation sites is 2. The average molecular weight is 359 g/mol. The summed E-state index contributed by atoms with van der Waals surface area (Å²) in [5.41, 5.74) is 0.387. The molecule has 2 heterocycles. The van der Waals surface area contributed by atoms with Gasteiger partial charge in [0.15, 0.2) is 0 Å². The Bertz CT molecular complexity index is 765. The average Bonchev–Trinajstić information content (AvgIpc) is 3.15. The van der Waals surface area contributed by atoms with Crippen LogP contribution in [-0.2, 0) is 4.74 Å². The van der Waals surface area contributed by atoms with Crippen LogP contribution in [0.1, 0.15) is 19.8 Å². The zero-order chi connectivity index (χ0) is 18.4. The van der Waals surface area contributed by atoms with Crippen molar-refractivity contribution in [1.82, 2.24) is 9.97 Å². The molecule has 2 N–H and O–H groups in total. The molecule has 9 heteroatoms. The lowest BCUT2D eigenvalue weighted by molar-refractivity contribution is -0.383. The third kappa shape index (κ3) is 4.17. The molecule has 1 unspecified atom stereocenters. The molecule has 0 spiro atoms. The van der Waals surface area contributed by atoms with Crippen LogP contribution in [0.2, 0.25) is 0 Å². The maximum Gasteiger partial charge on any atom is 0.353 e. The fourth-order valence-electron chi connectivity index (χ4n) is 2.77. The van der Waals surface area contributed by atoms with Crippen LogP contribution in [0.15, 0.2) is 30.6 Å². The van der Waals surface area contributed by atoms with Crippen molar-refractivity contribution in [2.75, 3.05) is 30.4 Å². The lowest BCUT2D eigenvalue weighted by Crippen LogP contribution is -2.20. The molecule has 1 aliphatic heterocycles. The summed E-state index contributed by atoms with van der Waals surface area (Å²) in [6.45, 7) is 3.54. The largest absolute Gasteiger partial charge is 0.492 e. The van der Waals surface area contributed by atoms with E-state index < -0.39 is 4.92 Å². The van der Waals surface area contributed by atoms with Gasteiger partial charge in [-0.1, -0.05) is 12.1 Å². The molecule has 1 aromatic carbocycles. The van der Waals surface area contributed by atoms with Crippen molar-refractivity contribution in [3.63, 3.8) is 0 Å². The normalized spacial score (nSPS) is 16.3. The molecule has 0 radical (unpaired) electrons. The number of aromatic nitrogens is 2. The fourth-order valence-corrected chi connectivity index (χ4v) is 2.77. The van der Waals surface area contributed by atoms with Gasteiger partial charge in [-0.3, -0.25) is 10.1 Å². The molecule has 138 valence electrons. The molecule has 1 aromatic heterocycles. The van der Waals surface area contributed by atoms with Crippen LogP contribution in [0.5, 0.6) is 5.75 Å². The van der Waals surface area contributed by atoms with E-state index >= 15 is 0 Å². The number of nitrogens with zero attached hydrogens (tertiary/aromatic N) is 3. The molecule has 0 saturated carbocycles. The van der Waals surface area contributed by atoms with Gasteiger partial charge in [-0.05, 0) is 31.9 Å². The standard InChI is InChI=1S/C17H21N5O4/c1-2-25-14-8-4-3-7-13(14)21-17-15(22(23)24)16(19-11-20-17)18-10-12-6-5-9-26-12/h3-4,7-8,11-12H,2,5-6,9-10H2,1H3,(H2,18,19,20,21). The summed E-state index contributed by atoms with van der Waals surface area (Å²) in [6, 6.07) is 7.21. The van der Waals surface area contributed by atoms with Gasteiger partial charge in [-0.25, -0.2) is 9.97 Å². The second-order valence-electron chi connectivity index (χ2n) is 5.75. The van der Waals surface area contributed by atoms with Crippen molar-refractivity contribution >= 4 is 23.0 Å². The van der Waals surface area contributed by atoms with Crippen LogP contribution < -0.4 is 15.4 Å². The van der Waals surface area contributed by atoms with Crippen LogP contribution in [0, 0.1) is 10.1 Å². The van der Waals surface area contributed by atoms with E-state index in [9.17, 15) is 10.1 Å². The highest BCUT2D eigenvalue weighted by molar-refractivity contribution is 5.75. The molecule has 9 nitrogen and oxygen atoms in total. The second kappa shape index (κ2) is 8.43. The first-order chi connectivity index (χ1) is 12.7. The zero-order valence-corrected chi connectivity index (χ0v) is 14.5. The van der Waals surface area contributed by atoms with Gasteiger partial charge < -0.3 is 20.1 Å². The maximum atomic E-state index is 11.6. The molecule has 26 heavy (non-hydrogen) atoms. The maximum absolute atomic E-state index is 11.6. The Balaban J connectivity index is 1.84. The zero-order valence-electron chi connectivity index (χ0n) is 14.5. The summed E-state index contributed by atoms with van der Waals surface area (Å²) in [7, 11) is 0. The van der Waals surface area contributed by atoms with Gasteiger partial charge in [0, 0.05) is 13.2 Å². The van der Waals surface area contributed by atoms with Gasteiger partial charge in [-0.15, -0.1) is 0 Å². The number of benzene rings is 1. The first kappa shape index (κ1) is 17.9. The van der Waals surface area contributed by atoms with E-state index in [2.05, 4.69) is 20.6 Å². The number of nitrogens with one attached hydrogen (secondary N) is 2. The SMILES string of the molecule is CCOc1ccccc1Nc1ncnc(NCC2CCCO2)c1[N+](=O)[O-]. The molecular formula is C17H21N5O4. The Morgan fingerprint density at radius 3 is 2.88 bits per heavy atom. The lowest BCUT2D eigenvalue weighted by atomic mass is 10.2. The smallest absolute Gasteiger partial charge is 0.353 e. The molecule has 0 amide bonds. The molecule has 3 rings (SSSR count). The van der Waals surface area contributed by atoms with Gasteiger partial charge in [0.2, 0.25) is 11.6 Å². The Kier molecular flexibility index (Phi) is 5.80. The minimum atomic E-state index is -0.497. The summed E-state index contributed by atoms with van der Waals surface area (Å²) in [5.74, 6) is 0.862. The molecule has 0 aliphatic carbocycles. The first-order valence-corrected chi connectivity index (χ1v) is 8.52. The minimum Gasteiger partial charge on any atom is -0.492 e. The summed E-state index contributed by atoms with van der Waals surface area (Å²) in [6.07, 6.45) is 3.26.